The average molecular weight is 438 g/mol. The minimum atomic E-state index is -0.146. The van der Waals surface area contributed by atoms with E-state index in [1.807, 2.05) is 11.0 Å². The molecule has 0 atom stereocenters. The van der Waals surface area contributed by atoms with Crippen molar-refractivity contribution in [2.75, 3.05) is 49.1 Å². The fourth-order valence-electron chi connectivity index (χ4n) is 4.48. The summed E-state index contributed by atoms with van der Waals surface area (Å²) in [5, 5.41) is 8.91. The summed E-state index contributed by atoms with van der Waals surface area (Å²) in [4.78, 5) is 35.7. The van der Waals surface area contributed by atoms with Crippen molar-refractivity contribution in [3.05, 3.63) is 40.6 Å². The quantitative estimate of drug-likeness (QED) is 0.700. The molecule has 0 radical (unpaired) electrons. The molecule has 1 saturated carbocycles. The Balaban J connectivity index is 1.14. The lowest BCUT2D eigenvalue weighted by atomic mass is 9.99. The van der Waals surface area contributed by atoms with Crippen molar-refractivity contribution in [3.8, 4) is 0 Å². The second kappa shape index (κ2) is 8.88. The monoisotopic (exact) mass is 437 g/mol. The van der Waals surface area contributed by atoms with Crippen LogP contribution in [-0.4, -0.2) is 69.8 Å². The summed E-state index contributed by atoms with van der Waals surface area (Å²) < 4.78 is 1.41. The van der Waals surface area contributed by atoms with Crippen molar-refractivity contribution in [3.63, 3.8) is 0 Å². The van der Waals surface area contributed by atoms with Crippen LogP contribution >= 0.6 is 0 Å². The molecule has 32 heavy (non-hydrogen) atoms. The van der Waals surface area contributed by atoms with Gasteiger partial charge in [-0.15, -0.1) is 10.2 Å². The summed E-state index contributed by atoms with van der Waals surface area (Å²) in [6, 6.07) is 5.67. The van der Waals surface area contributed by atoms with Crippen molar-refractivity contribution in [2.45, 2.75) is 45.1 Å². The minimum Gasteiger partial charge on any atom is -0.355 e. The SMILES string of the molecule is CC1CCN(c2ccc(N3CCN(C(=O)Cn4cnc(C5CC5)cc4=O)CC3)nn2)CC1. The molecular formula is C23H31N7O2. The molecule has 3 aliphatic rings. The van der Waals surface area contributed by atoms with Gasteiger partial charge in [0.15, 0.2) is 11.6 Å². The second-order valence-electron chi connectivity index (χ2n) is 9.34. The maximum Gasteiger partial charge on any atom is 0.254 e. The third kappa shape index (κ3) is 4.61. The first-order chi connectivity index (χ1) is 15.6. The number of carbonyl (C=O) groups excluding carboxylic acids is 1. The summed E-state index contributed by atoms with van der Waals surface area (Å²) >= 11 is 0. The molecule has 4 heterocycles. The van der Waals surface area contributed by atoms with Gasteiger partial charge in [0.2, 0.25) is 5.91 Å². The van der Waals surface area contributed by atoms with Crippen LogP contribution in [0, 0.1) is 5.92 Å². The van der Waals surface area contributed by atoms with Crippen LogP contribution in [0.25, 0.3) is 0 Å². The van der Waals surface area contributed by atoms with Gasteiger partial charge in [0.25, 0.3) is 5.56 Å². The van der Waals surface area contributed by atoms with Crippen molar-refractivity contribution < 1.29 is 4.79 Å². The van der Waals surface area contributed by atoms with E-state index in [0.717, 1.165) is 49.2 Å². The molecule has 170 valence electrons. The summed E-state index contributed by atoms with van der Waals surface area (Å²) in [5.74, 6) is 2.97. The lowest BCUT2D eigenvalue weighted by Gasteiger charge is -2.35. The van der Waals surface area contributed by atoms with Crippen LogP contribution in [0.4, 0.5) is 11.6 Å². The largest absolute Gasteiger partial charge is 0.355 e. The van der Waals surface area contributed by atoms with E-state index in [-0.39, 0.29) is 18.0 Å². The normalized spacial score (nSPS) is 20.0. The number of piperidine rings is 1. The van der Waals surface area contributed by atoms with Crippen LogP contribution in [0.5, 0.6) is 0 Å². The van der Waals surface area contributed by atoms with Gasteiger partial charge in [-0.3, -0.25) is 14.2 Å². The van der Waals surface area contributed by atoms with E-state index in [0.29, 0.717) is 32.1 Å². The van der Waals surface area contributed by atoms with Crippen LogP contribution in [0.15, 0.2) is 29.3 Å². The Morgan fingerprint density at radius 2 is 1.56 bits per heavy atom. The van der Waals surface area contributed by atoms with Gasteiger partial charge in [-0.1, -0.05) is 6.92 Å². The van der Waals surface area contributed by atoms with Gasteiger partial charge in [-0.2, -0.15) is 0 Å². The fraction of sp³-hybridized carbons (Fsp3) is 0.609. The number of aromatic nitrogens is 4. The van der Waals surface area contributed by atoms with E-state index in [4.69, 9.17) is 0 Å². The Bertz CT molecular complexity index is 1000. The zero-order valence-electron chi connectivity index (χ0n) is 18.7. The van der Waals surface area contributed by atoms with E-state index in [1.54, 1.807) is 6.07 Å². The number of anilines is 2. The van der Waals surface area contributed by atoms with Crippen molar-refractivity contribution in [1.82, 2.24) is 24.6 Å². The third-order valence-electron chi connectivity index (χ3n) is 6.90. The van der Waals surface area contributed by atoms with E-state index < -0.39 is 0 Å². The molecule has 0 bridgehead atoms. The Labute approximate surface area is 188 Å². The molecule has 0 unspecified atom stereocenters. The van der Waals surface area contributed by atoms with Crippen molar-refractivity contribution in [2.24, 2.45) is 5.92 Å². The predicted molar refractivity (Wildman–Crippen MR) is 122 cm³/mol. The van der Waals surface area contributed by atoms with Gasteiger partial charge in [0.05, 0.1) is 12.0 Å². The van der Waals surface area contributed by atoms with Crippen LogP contribution < -0.4 is 15.4 Å². The number of piperazine rings is 1. The summed E-state index contributed by atoms with van der Waals surface area (Å²) in [7, 11) is 0. The topological polar surface area (TPSA) is 87.5 Å². The van der Waals surface area contributed by atoms with Crippen molar-refractivity contribution >= 4 is 17.5 Å². The molecule has 9 heteroatoms. The number of hydrogen-bond donors (Lipinski definition) is 0. The molecule has 2 aliphatic heterocycles. The van der Waals surface area contributed by atoms with Gasteiger partial charge in [-0.05, 0) is 43.7 Å². The summed E-state index contributed by atoms with van der Waals surface area (Å²) in [5.41, 5.74) is 0.710. The lowest BCUT2D eigenvalue weighted by molar-refractivity contribution is -0.132. The van der Waals surface area contributed by atoms with E-state index >= 15 is 0 Å². The Hall–Kier alpha value is -2.97. The lowest BCUT2D eigenvalue weighted by Crippen LogP contribution is -2.50. The molecule has 5 rings (SSSR count). The highest BCUT2D eigenvalue weighted by atomic mass is 16.2. The molecular weight excluding hydrogens is 406 g/mol. The Morgan fingerprint density at radius 1 is 0.938 bits per heavy atom. The average Bonchev–Trinajstić information content (AvgIpc) is 3.67. The summed E-state index contributed by atoms with van der Waals surface area (Å²) in [6.07, 6.45) is 6.12. The minimum absolute atomic E-state index is 0.0414. The molecule has 0 spiro atoms. The first kappa shape index (κ1) is 20.9. The summed E-state index contributed by atoms with van der Waals surface area (Å²) in [6.45, 7) is 7.04. The van der Waals surface area contributed by atoms with Gasteiger partial charge < -0.3 is 14.7 Å². The van der Waals surface area contributed by atoms with Gasteiger partial charge in [0, 0.05) is 51.3 Å². The number of nitrogens with zero attached hydrogens (tertiary/aromatic N) is 7. The molecule has 2 saturated heterocycles. The maximum absolute atomic E-state index is 12.7. The van der Waals surface area contributed by atoms with Crippen molar-refractivity contribution in [1.29, 1.82) is 0 Å². The highest BCUT2D eigenvalue weighted by Gasteiger charge is 2.26. The molecule has 1 amide bonds. The molecule has 9 nitrogen and oxygen atoms in total. The zero-order chi connectivity index (χ0) is 22.1. The van der Waals surface area contributed by atoms with Crippen LogP contribution in [0.1, 0.15) is 44.2 Å². The van der Waals surface area contributed by atoms with E-state index in [1.165, 1.54) is 23.7 Å². The van der Waals surface area contributed by atoms with E-state index in [9.17, 15) is 9.59 Å². The number of rotatable bonds is 5. The molecule has 0 N–H and O–H groups in total. The smallest absolute Gasteiger partial charge is 0.254 e. The van der Waals surface area contributed by atoms with Gasteiger partial charge in [0.1, 0.15) is 6.54 Å². The highest BCUT2D eigenvalue weighted by molar-refractivity contribution is 5.76. The molecule has 1 aliphatic carbocycles. The van der Waals surface area contributed by atoms with Crippen LogP contribution in [0.2, 0.25) is 0 Å². The van der Waals surface area contributed by atoms with Crippen LogP contribution in [-0.2, 0) is 11.3 Å². The zero-order valence-corrected chi connectivity index (χ0v) is 18.7. The number of hydrogen-bond acceptors (Lipinski definition) is 7. The van der Waals surface area contributed by atoms with E-state index in [2.05, 4.69) is 38.0 Å². The third-order valence-corrected chi connectivity index (χ3v) is 6.90. The molecule has 2 aromatic heterocycles. The standard InChI is InChI=1S/C23H31N7O2/c1-17-6-8-27(9-7-17)20-4-5-21(26-25-20)28-10-12-29(13-11-28)23(32)15-30-16-24-19(14-22(30)31)18-2-3-18/h4-5,14,16-18H,2-3,6-13,15H2,1H3. The predicted octanol–water partition coefficient (Wildman–Crippen LogP) is 1.50. The fourth-order valence-corrected chi connectivity index (χ4v) is 4.48. The molecule has 0 aromatic carbocycles. The first-order valence-corrected chi connectivity index (χ1v) is 11.7. The number of carbonyl (C=O) groups is 1. The Morgan fingerprint density at radius 3 is 2.12 bits per heavy atom. The highest BCUT2D eigenvalue weighted by Crippen LogP contribution is 2.38. The van der Waals surface area contributed by atoms with Gasteiger partial charge >= 0.3 is 0 Å². The maximum atomic E-state index is 12.7. The second-order valence-corrected chi connectivity index (χ2v) is 9.34. The van der Waals surface area contributed by atoms with Crippen LogP contribution in [0.3, 0.4) is 0 Å². The molecule has 2 aromatic rings. The number of amides is 1. The van der Waals surface area contributed by atoms with Gasteiger partial charge in [-0.25, -0.2) is 4.98 Å². The first-order valence-electron chi connectivity index (χ1n) is 11.7. The Kier molecular flexibility index (Phi) is 5.80. The molecule has 3 fully saturated rings.